The molecule has 0 aromatic carbocycles. The maximum atomic E-state index is 11.9. The maximum Gasteiger partial charge on any atom is 0.223 e. The van der Waals surface area contributed by atoms with Gasteiger partial charge in [0, 0.05) is 51.7 Å². The van der Waals surface area contributed by atoms with E-state index >= 15 is 0 Å². The van der Waals surface area contributed by atoms with Crippen LogP contribution in [0.15, 0.2) is 0 Å². The molecular formula is C16H28N4O2. The van der Waals surface area contributed by atoms with Crippen molar-refractivity contribution < 1.29 is 9.90 Å². The van der Waals surface area contributed by atoms with Crippen molar-refractivity contribution in [2.24, 2.45) is 0 Å². The van der Waals surface area contributed by atoms with Gasteiger partial charge < -0.3 is 15.3 Å². The summed E-state index contributed by atoms with van der Waals surface area (Å²) in [5.41, 5.74) is 0. The minimum Gasteiger partial charge on any atom is -0.392 e. The van der Waals surface area contributed by atoms with E-state index in [4.69, 9.17) is 5.26 Å². The summed E-state index contributed by atoms with van der Waals surface area (Å²) in [6.45, 7) is 2.97. The van der Waals surface area contributed by atoms with Crippen LogP contribution < -0.4 is 5.32 Å². The lowest BCUT2D eigenvalue weighted by molar-refractivity contribution is -0.129. The van der Waals surface area contributed by atoms with Crippen LogP contribution in [0.25, 0.3) is 0 Å². The molecule has 0 aromatic rings. The first-order chi connectivity index (χ1) is 10.6. The Labute approximate surface area is 133 Å². The van der Waals surface area contributed by atoms with E-state index < -0.39 is 0 Å². The van der Waals surface area contributed by atoms with Gasteiger partial charge in [-0.25, -0.2) is 0 Å². The van der Waals surface area contributed by atoms with Crippen molar-refractivity contribution in [2.45, 2.75) is 56.7 Å². The van der Waals surface area contributed by atoms with Crippen molar-refractivity contribution in [1.29, 1.82) is 5.26 Å². The summed E-state index contributed by atoms with van der Waals surface area (Å²) in [6, 6.07) is 3.00. The van der Waals surface area contributed by atoms with Crippen LogP contribution in [0.1, 0.15) is 38.5 Å². The number of aliphatic hydroxyl groups is 1. The van der Waals surface area contributed by atoms with Gasteiger partial charge in [0.25, 0.3) is 0 Å². The van der Waals surface area contributed by atoms with Gasteiger partial charge >= 0.3 is 0 Å². The van der Waals surface area contributed by atoms with Crippen molar-refractivity contribution >= 4 is 5.91 Å². The molecule has 1 unspecified atom stereocenters. The molecule has 0 bridgehead atoms. The number of likely N-dealkylation sites (tertiary alicyclic amines) is 1. The van der Waals surface area contributed by atoms with Crippen LogP contribution in [0.3, 0.4) is 0 Å². The first kappa shape index (κ1) is 17.2. The van der Waals surface area contributed by atoms with Crippen molar-refractivity contribution in [3.63, 3.8) is 0 Å². The second-order valence-corrected chi connectivity index (χ2v) is 6.47. The molecule has 0 aromatic heterocycles. The number of rotatable bonds is 7. The molecule has 2 fully saturated rings. The van der Waals surface area contributed by atoms with Crippen LogP contribution in [-0.4, -0.2) is 72.2 Å². The monoisotopic (exact) mass is 308 g/mol. The Balaban J connectivity index is 1.69. The van der Waals surface area contributed by atoms with Crippen LogP contribution in [-0.2, 0) is 4.79 Å². The minimum atomic E-state index is -0.170. The standard InChI is InChI=1S/C16H28N4O2/c1-19(10-3-8-17)16(22)6-9-18-14-4-2-5-15(14)20-11-7-13(21)12-20/h13-15,18,21H,2-7,9-12H2,1H3/t13?,14-,15+/m1/s1. The third-order valence-electron chi connectivity index (χ3n) is 4.87. The number of β-amino-alcohol motifs (C(OH)–C–C–N with tert-alkyl or cyclic N) is 1. The Morgan fingerprint density at radius 3 is 2.95 bits per heavy atom. The first-order valence-electron chi connectivity index (χ1n) is 8.38. The quantitative estimate of drug-likeness (QED) is 0.708. The molecule has 1 heterocycles. The maximum absolute atomic E-state index is 11.9. The van der Waals surface area contributed by atoms with Crippen molar-refractivity contribution in [1.82, 2.24) is 15.1 Å². The molecule has 1 saturated heterocycles. The zero-order valence-corrected chi connectivity index (χ0v) is 13.5. The highest BCUT2D eigenvalue weighted by molar-refractivity contribution is 5.76. The number of nitrogens with zero attached hydrogens (tertiary/aromatic N) is 3. The van der Waals surface area contributed by atoms with Gasteiger partial charge in [0.05, 0.1) is 18.6 Å². The highest BCUT2D eigenvalue weighted by Crippen LogP contribution is 2.27. The largest absolute Gasteiger partial charge is 0.392 e. The number of aliphatic hydroxyl groups excluding tert-OH is 1. The molecule has 1 aliphatic heterocycles. The minimum absolute atomic E-state index is 0.0916. The third-order valence-corrected chi connectivity index (χ3v) is 4.87. The molecule has 6 heteroatoms. The van der Waals surface area contributed by atoms with Crippen LogP contribution in [0, 0.1) is 11.3 Å². The molecule has 6 nitrogen and oxygen atoms in total. The number of hydrogen-bond donors (Lipinski definition) is 2. The second kappa shape index (κ2) is 8.47. The number of hydrogen-bond acceptors (Lipinski definition) is 5. The van der Waals surface area contributed by atoms with E-state index in [1.54, 1.807) is 11.9 Å². The Morgan fingerprint density at radius 2 is 2.27 bits per heavy atom. The van der Waals surface area contributed by atoms with Gasteiger partial charge in [-0.15, -0.1) is 0 Å². The summed E-state index contributed by atoms with van der Waals surface area (Å²) < 4.78 is 0. The summed E-state index contributed by atoms with van der Waals surface area (Å²) in [7, 11) is 1.75. The highest BCUT2D eigenvalue weighted by Gasteiger charge is 2.35. The topological polar surface area (TPSA) is 79.6 Å². The van der Waals surface area contributed by atoms with Gasteiger partial charge in [-0.2, -0.15) is 5.26 Å². The fourth-order valence-electron chi connectivity index (χ4n) is 3.58. The predicted molar refractivity (Wildman–Crippen MR) is 84.1 cm³/mol. The molecule has 2 rings (SSSR count). The molecule has 1 aliphatic carbocycles. The third kappa shape index (κ3) is 4.67. The van der Waals surface area contributed by atoms with Gasteiger partial charge in [0.1, 0.15) is 0 Å². The summed E-state index contributed by atoms with van der Waals surface area (Å²) in [5.74, 6) is 0.0916. The fraction of sp³-hybridized carbons (Fsp3) is 0.875. The molecule has 0 spiro atoms. The molecular weight excluding hydrogens is 280 g/mol. The molecule has 1 saturated carbocycles. The molecule has 124 valence electrons. The van der Waals surface area contributed by atoms with Gasteiger partial charge in [-0.3, -0.25) is 9.69 Å². The van der Waals surface area contributed by atoms with E-state index in [2.05, 4.69) is 16.3 Å². The molecule has 2 N–H and O–H groups in total. The summed E-state index contributed by atoms with van der Waals surface area (Å²) in [5, 5.41) is 21.8. The Kier molecular flexibility index (Phi) is 6.62. The second-order valence-electron chi connectivity index (χ2n) is 6.47. The van der Waals surface area contributed by atoms with Crippen LogP contribution in [0.5, 0.6) is 0 Å². The number of nitriles is 1. The van der Waals surface area contributed by atoms with Gasteiger partial charge in [-0.05, 0) is 19.3 Å². The average molecular weight is 308 g/mol. The van der Waals surface area contributed by atoms with Gasteiger partial charge in [0.15, 0.2) is 0 Å². The molecule has 1 amide bonds. The highest BCUT2D eigenvalue weighted by atomic mass is 16.3. The SMILES string of the molecule is CN(CCC#N)C(=O)CCN[C@@H]1CCC[C@@H]1N1CCC(O)C1. The molecule has 0 radical (unpaired) electrons. The number of nitrogens with one attached hydrogen (secondary N) is 1. The van der Waals surface area contributed by atoms with E-state index in [0.29, 0.717) is 38.0 Å². The van der Waals surface area contributed by atoms with E-state index in [-0.39, 0.29) is 12.0 Å². The lowest BCUT2D eigenvalue weighted by atomic mass is 10.1. The van der Waals surface area contributed by atoms with E-state index in [1.165, 1.54) is 12.8 Å². The smallest absolute Gasteiger partial charge is 0.223 e. The predicted octanol–water partition coefficient (Wildman–Crippen LogP) is 0.326. The lowest BCUT2D eigenvalue weighted by Gasteiger charge is -2.30. The van der Waals surface area contributed by atoms with Crippen molar-refractivity contribution in [3.8, 4) is 6.07 Å². The average Bonchev–Trinajstić information content (AvgIpc) is 3.13. The zero-order chi connectivity index (χ0) is 15.9. The summed E-state index contributed by atoms with van der Waals surface area (Å²) in [6.07, 6.45) is 5.12. The van der Waals surface area contributed by atoms with E-state index in [0.717, 1.165) is 25.9 Å². The van der Waals surface area contributed by atoms with E-state index in [1.807, 2.05) is 0 Å². The first-order valence-corrected chi connectivity index (χ1v) is 8.38. The molecule has 2 aliphatic rings. The Hall–Kier alpha value is -1.16. The summed E-state index contributed by atoms with van der Waals surface area (Å²) >= 11 is 0. The fourth-order valence-corrected chi connectivity index (χ4v) is 3.58. The zero-order valence-electron chi connectivity index (χ0n) is 13.5. The van der Waals surface area contributed by atoms with Crippen molar-refractivity contribution in [3.05, 3.63) is 0 Å². The lowest BCUT2D eigenvalue weighted by Crippen LogP contribution is -2.47. The van der Waals surface area contributed by atoms with Crippen LogP contribution >= 0.6 is 0 Å². The molecule has 3 atom stereocenters. The Bertz CT molecular complexity index is 409. The number of amides is 1. The molecule has 22 heavy (non-hydrogen) atoms. The number of carbonyl (C=O) groups excluding carboxylic acids is 1. The van der Waals surface area contributed by atoms with Crippen molar-refractivity contribution in [2.75, 3.05) is 33.2 Å². The Morgan fingerprint density at radius 1 is 1.45 bits per heavy atom. The van der Waals surface area contributed by atoms with Gasteiger partial charge in [0.2, 0.25) is 5.91 Å². The van der Waals surface area contributed by atoms with Gasteiger partial charge in [-0.1, -0.05) is 6.42 Å². The summed E-state index contributed by atoms with van der Waals surface area (Å²) in [4.78, 5) is 16.0. The van der Waals surface area contributed by atoms with Crippen LogP contribution in [0.4, 0.5) is 0 Å². The van der Waals surface area contributed by atoms with E-state index in [9.17, 15) is 9.90 Å². The number of carbonyl (C=O) groups is 1. The normalized spacial score (nSPS) is 28.7. The van der Waals surface area contributed by atoms with Crippen LogP contribution in [0.2, 0.25) is 0 Å².